The Morgan fingerprint density at radius 3 is 2.45 bits per heavy atom. The van der Waals surface area contributed by atoms with Crippen LogP contribution in [0.15, 0.2) is 29.4 Å². The van der Waals surface area contributed by atoms with E-state index in [1.165, 1.54) is 30.3 Å². The van der Waals surface area contributed by atoms with Gasteiger partial charge in [0.15, 0.2) is 0 Å². The maximum Gasteiger partial charge on any atom is 0.414 e. The number of amides is 2. The van der Waals surface area contributed by atoms with E-state index in [1.807, 2.05) is 5.32 Å². The van der Waals surface area contributed by atoms with E-state index in [-0.39, 0.29) is 12.2 Å². The van der Waals surface area contributed by atoms with E-state index in [4.69, 9.17) is 10.4 Å². The molecule has 0 atom stereocenters. The van der Waals surface area contributed by atoms with E-state index in [0.717, 1.165) is 0 Å². The van der Waals surface area contributed by atoms with E-state index in [2.05, 4.69) is 15.3 Å². The first-order chi connectivity index (χ1) is 10.5. The quantitative estimate of drug-likeness (QED) is 0.543. The van der Waals surface area contributed by atoms with E-state index >= 15 is 0 Å². The molecular formula is C13H12N4O5. The number of nitrogens with zero attached hydrogens (tertiary/aromatic N) is 2. The number of alkyl carbamates (subject to hydrolysis) is 1. The fraction of sp³-hybridized carbons (Fsp3) is 0.154. The number of nitriles is 1. The topological polar surface area (TPSA) is 141 Å². The van der Waals surface area contributed by atoms with Gasteiger partial charge in [-0.25, -0.2) is 9.59 Å². The lowest BCUT2D eigenvalue weighted by Gasteiger charge is -2.03. The van der Waals surface area contributed by atoms with Gasteiger partial charge < -0.3 is 9.84 Å². The Labute approximate surface area is 125 Å². The van der Waals surface area contributed by atoms with Crippen LogP contribution in [-0.2, 0) is 9.53 Å². The van der Waals surface area contributed by atoms with Crippen molar-refractivity contribution in [2.75, 3.05) is 12.0 Å². The molecule has 0 saturated carbocycles. The number of anilines is 1. The van der Waals surface area contributed by atoms with Crippen LogP contribution in [0.25, 0.3) is 0 Å². The molecule has 0 aliphatic carbocycles. The number of ether oxygens (including phenoxy) is 1. The summed E-state index contributed by atoms with van der Waals surface area (Å²) in [7, 11) is 0. The van der Waals surface area contributed by atoms with Crippen molar-refractivity contribution in [3.63, 3.8) is 0 Å². The van der Waals surface area contributed by atoms with Gasteiger partial charge >= 0.3 is 12.1 Å². The van der Waals surface area contributed by atoms with Crippen LogP contribution >= 0.6 is 0 Å². The molecule has 1 aromatic carbocycles. The molecule has 0 aliphatic rings. The van der Waals surface area contributed by atoms with Crippen molar-refractivity contribution >= 4 is 29.4 Å². The SMILES string of the molecule is CCOC(=O)NC(=O)/C(C#N)=N\Nc1ccc(C(=O)O)cc1. The van der Waals surface area contributed by atoms with Crippen LogP contribution < -0.4 is 10.7 Å². The predicted molar refractivity (Wildman–Crippen MR) is 75.2 cm³/mol. The molecule has 0 radical (unpaired) electrons. The van der Waals surface area contributed by atoms with Crippen molar-refractivity contribution in [1.82, 2.24) is 5.32 Å². The van der Waals surface area contributed by atoms with Crippen LogP contribution in [0.5, 0.6) is 0 Å². The monoisotopic (exact) mass is 304 g/mol. The number of carboxylic acids is 1. The van der Waals surface area contributed by atoms with Gasteiger partial charge in [0.25, 0.3) is 5.91 Å². The zero-order valence-corrected chi connectivity index (χ0v) is 11.5. The molecule has 0 saturated heterocycles. The lowest BCUT2D eigenvalue weighted by molar-refractivity contribution is -0.114. The van der Waals surface area contributed by atoms with Gasteiger partial charge in [0.2, 0.25) is 5.71 Å². The lowest BCUT2D eigenvalue weighted by atomic mass is 10.2. The van der Waals surface area contributed by atoms with Gasteiger partial charge in [-0.3, -0.25) is 15.5 Å². The summed E-state index contributed by atoms with van der Waals surface area (Å²) in [6.45, 7) is 1.64. The van der Waals surface area contributed by atoms with Crippen molar-refractivity contribution < 1.29 is 24.2 Å². The van der Waals surface area contributed by atoms with Crippen LogP contribution in [0, 0.1) is 11.3 Å². The van der Waals surface area contributed by atoms with Gasteiger partial charge in [-0.1, -0.05) is 0 Å². The second-order valence-corrected chi connectivity index (χ2v) is 3.74. The molecule has 0 aliphatic heterocycles. The zero-order chi connectivity index (χ0) is 16.5. The highest BCUT2D eigenvalue weighted by molar-refractivity contribution is 6.46. The van der Waals surface area contributed by atoms with E-state index in [9.17, 15) is 14.4 Å². The minimum atomic E-state index is -1.08. The fourth-order valence-electron chi connectivity index (χ4n) is 1.25. The number of carbonyl (C=O) groups excluding carboxylic acids is 2. The molecule has 0 spiro atoms. The Bertz CT molecular complexity index is 645. The molecule has 1 rings (SSSR count). The van der Waals surface area contributed by atoms with Crippen LogP contribution in [0.4, 0.5) is 10.5 Å². The Kier molecular flexibility index (Phi) is 6.06. The highest BCUT2D eigenvalue weighted by Gasteiger charge is 2.15. The number of nitrogens with one attached hydrogen (secondary N) is 2. The number of hydrogen-bond acceptors (Lipinski definition) is 7. The summed E-state index contributed by atoms with van der Waals surface area (Å²) in [6, 6.07) is 6.99. The van der Waals surface area contributed by atoms with Gasteiger partial charge in [-0.2, -0.15) is 10.4 Å². The molecule has 22 heavy (non-hydrogen) atoms. The summed E-state index contributed by atoms with van der Waals surface area (Å²) in [5.41, 5.74) is 2.26. The predicted octanol–water partition coefficient (Wildman–Crippen LogP) is 0.949. The van der Waals surface area contributed by atoms with Gasteiger partial charge in [-0.15, -0.1) is 0 Å². The zero-order valence-electron chi connectivity index (χ0n) is 11.5. The maximum atomic E-state index is 11.5. The summed E-state index contributed by atoms with van der Waals surface area (Å²) in [4.78, 5) is 33.3. The first-order valence-electron chi connectivity index (χ1n) is 6.03. The van der Waals surface area contributed by atoms with Crippen molar-refractivity contribution in [2.45, 2.75) is 6.92 Å². The Balaban J connectivity index is 2.73. The molecule has 9 nitrogen and oxygen atoms in total. The molecule has 0 unspecified atom stereocenters. The Morgan fingerprint density at radius 2 is 1.95 bits per heavy atom. The molecule has 0 heterocycles. The lowest BCUT2D eigenvalue weighted by Crippen LogP contribution is -2.36. The first kappa shape index (κ1) is 16.6. The minimum Gasteiger partial charge on any atom is -0.478 e. The second kappa shape index (κ2) is 8.01. The van der Waals surface area contributed by atoms with Gasteiger partial charge in [0, 0.05) is 0 Å². The summed E-state index contributed by atoms with van der Waals surface area (Å²) in [6.07, 6.45) is -0.985. The van der Waals surface area contributed by atoms with E-state index < -0.39 is 23.7 Å². The number of carbonyl (C=O) groups is 3. The Morgan fingerprint density at radius 1 is 1.32 bits per heavy atom. The van der Waals surface area contributed by atoms with Gasteiger partial charge in [-0.05, 0) is 31.2 Å². The average molecular weight is 304 g/mol. The third-order valence-corrected chi connectivity index (χ3v) is 2.24. The molecule has 1 aromatic rings. The summed E-state index contributed by atoms with van der Waals surface area (Å²) < 4.78 is 4.49. The van der Waals surface area contributed by atoms with Crippen molar-refractivity contribution in [2.24, 2.45) is 5.10 Å². The maximum absolute atomic E-state index is 11.5. The van der Waals surface area contributed by atoms with Crippen molar-refractivity contribution in [3.8, 4) is 6.07 Å². The third-order valence-electron chi connectivity index (χ3n) is 2.24. The molecular weight excluding hydrogens is 292 g/mol. The fourth-order valence-corrected chi connectivity index (χ4v) is 1.25. The summed E-state index contributed by atoms with van der Waals surface area (Å²) in [5.74, 6) is -2.10. The highest BCUT2D eigenvalue weighted by atomic mass is 16.5. The smallest absolute Gasteiger partial charge is 0.414 e. The molecule has 3 N–H and O–H groups in total. The molecule has 114 valence electrons. The first-order valence-corrected chi connectivity index (χ1v) is 6.03. The van der Waals surface area contributed by atoms with Crippen LogP contribution in [0.3, 0.4) is 0 Å². The number of imide groups is 1. The number of hydrogen-bond donors (Lipinski definition) is 3. The third kappa shape index (κ3) is 4.93. The number of hydrazone groups is 1. The highest BCUT2D eigenvalue weighted by Crippen LogP contribution is 2.09. The number of rotatable bonds is 5. The van der Waals surface area contributed by atoms with Crippen LogP contribution in [0.1, 0.15) is 17.3 Å². The largest absolute Gasteiger partial charge is 0.478 e. The molecule has 9 heteroatoms. The van der Waals surface area contributed by atoms with Gasteiger partial charge in [0.1, 0.15) is 6.07 Å². The Hall–Kier alpha value is -3.41. The number of carboxylic acid groups (broad SMARTS) is 1. The standard InChI is InChI=1S/C13H12N4O5/c1-2-22-13(21)15-11(18)10(7-14)17-16-9-5-3-8(4-6-9)12(19)20/h3-6,16H,2H2,1H3,(H,19,20)(H,15,18,21)/b17-10-. The number of benzene rings is 1. The number of aromatic carboxylic acids is 1. The van der Waals surface area contributed by atoms with Crippen LogP contribution in [-0.4, -0.2) is 35.4 Å². The average Bonchev–Trinajstić information content (AvgIpc) is 2.48. The normalized spacial score (nSPS) is 10.3. The molecule has 2 amide bonds. The van der Waals surface area contributed by atoms with Crippen molar-refractivity contribution in [3.05, 3.63) is 29.8 Å². The van der Waals surface area contributed by atoms with Gasteiger partial charge in [0.05, 0.1) is 17.9 Å². The second-order valence-electron chi connectivity index (χ2n) is 3.74. The van der Waals surface area contributed by atoms with E-state index in [0.29, 0.717) is 5.69 Å². The van der Waals surface area contributed by atoms with E-state index in [1.54, 1.807) is 6.92 Å². The minimum absolute atomic E-state index is 0.0757. The molecule has 0 fully saturated rings. The van der Waals surface area contributed by atoms with Crippen LogP contribution in [0.2, 0.25) is 0 Å². The van der Waals surface area contributed by atoms with Crippen molar-refractivity contribution in [1.29, 1.82) is 5.26 Å². The summed E-state index contributed by atoms with van der Waals surface area (Å²) in [5, 5.41) is 22.9. The molecule has 0 aromatic heterocycles. The summed E-state index contributed by atoms with van der Waals surface area (Å²) >= 11 is 0. The molecule has 0 bridgehead atoms.